The van der Waals surface area contributed by atoms with Crippen LogP contribution in [0.2, 0.25) is 0 Å². The van der Waals surface area contributed by atoms with Crippen molar-refractivity contribution in [2.45, 2.75) is 58.2 Å². The number of piperidine rings is 2. The van der Waals surface area contributed by atoms with Crippen LogP contribution < -0.4 is 4.74 Å². The van der Waals surface area contributed by atoms with Gasteiger partial charge in [-0.25, -0.2) is 0 Å². The van der Waals surface area contributed by atoms with Gasteiger partial charge in [-0.3, -0.25) is 9.59 Å². The van der Waals surface area contributed by atoms with Crippen molar-refractivity contribution in [3.05, 3.63) is 64.6 Å². The standard InChI is InChI=1S/C30H40BrN3O3/c1-22(2)33-15-12-24(13-16-33)30(36)34-17-14-28(37-27-11-7-10-26(31)19-27)25(21-34)18-29(35)32(3)20-23-8-5-4-6-9-23/h4-11,19,22,24-25,28H,12-18,20-21H2,1-3H3/t25-,28-/m0/s1. The number of rotatable bonds is 8. The number of likely N-dealkylation sites (tertiary alicyclic amines) is 2. The van der Waals surface area contributed by atoms with Gasteiger partial charge in [0.1, 0.15) is 11.9 Å². The lowest BCUT2D eigenvalue weighted by atomic mass is 9.88. The number of hydrogen-bond donors (Lipinski definition) is 0. The fraction of sp³-hybridized carbons (Fsp3) is 0.533. The van der Waals surface area contributed by atoms with E-state index in [9.17, 15) is 9.59 Å². The molecule has 2 aromatic rings. The molecule has 0 N–H and O–H groups in total. The molecule has 0 spiro atoms. The van der Waals surface area contributed by atoms with Crippen LogP contribution in [0.5, 0.6) is 5.75 Å². The lowest BCUT2D eigenvalue weighted by Gasteiger charge is -2.41. The van der Waals surface area contributed by atoms with Gasteiger partial charge in [0.15, 0.2) is 0 Å². The van der Waals surface area contributed by atoms with Crippen molar-refractivity contribution in [2.24, 2.45) is 11.8 Å². The van der Waals surface area contributed by atoms with Gasteiger partial charge in [-0.15, -0.1) is 0 Å². The molecule has 2 fully saturated rings. The predicted molar refractivity (Wildman–Crippen MR) is 150 cm³/mol. The summed E-state index contributed by atoms with van der Waals surface area (Å²) in [6.45, 7) is 8.19. The van der Waals surface area contributed by atoms with Crippen LogP contribution in [0.25, 0.3) is 0 Å². The van der Waals surface area contributed by atoms with E-state index in [2.05, 4.69) is 34.7 Å². The van der Waals surface area contributed by atoms with E-state index >= 15 is 0 Å². The molecule has 0 saturated carbocycles. The SMILES string of the molecule is CC(C)N1CCC(C(=O)N2CC[C@H](Oc3cccc(Br)c3)[C@@H](CC(=O)N(C)Cc3ccccc3)C2)CC1. The molecule has 0 unspecified atom stereocenters. The van der Waals surface area contributed by atoms with E-state index in [1.807, 2.05) is 66.5 Å². The number of carbonyl (C=O) groups is 2. The van der Waals surface area contributed by atoms with Crippen molar-refractivity contribution in [3.8, 4) is 5.75 Å². The largest absolute Gasteiger partial charge is 0.490 e. The van der Waals surface area contributed by atoms with Crippen molar-refractivity contribution < 1.29 is 14.3 Å². The van der Waals surface area contributed by atoms with Crippen LogP contribution in [-0.4, -0.2) is 71.9 Å². The van der Waals surface area contributed by atoms with Crippen molar-refractivity contribution >= 4 is 27.7 Å². The molecule has 7 heteroatoms. The van der Waals surface area contributed by atoms with E-state index in [1.54, 1.807) is 4.90 Å². The molecule has 37 heavy (non-hydrogen) atoms. The molecule has 0 radical (unpaired) electrons. The van der Waals surface area contributed by atoms with E-state index in [-0.39, 0.29) is 29.8 Å². The summed E-state index contributed by atoms with van der Waals surface area (Å²) < 4.78 is 7.38. The molecule has 2 amide bonds. The molecule has 2 saturated heterocycles. The Morgan fingerprint density at radius 3 is 2.43 bits per heavy atom. The zero-order valence-electron chi connectivity index (χ0n) is 22.3. The molecule has 200 valence electrons. The number of hydrogen-bond acceptors (Lipinski definition) is 4. The first kappa shape index (κ1) is 27.6. The molecule has 2 aliphatic rings. The normalized spacial score (nSPS) is 21.2. The van der Waals surface area contributed by atoms with Crippen LogP contribution >= 0.6 is 15.9 Å². The highest BCUT2D eigenvalue weighted by Gasteiger charge is 2.37. The van der Waals surface area contributed by atoms with Crippen LogP contribution in [0.4, 0.5) is 0 Å². The highest BCUT2D eigenvalue weighted by Crippen LogP contribution is 2.30. The smallest absolute Gasteiger partial charge is 0.225 e. The molecular formula is C30H40BrN3O3. The number of halogens is 1. The quantitative estimate of drug-likeness (QED) is 0.437. The Hall–Kier alpha value is -2.38. The lowest BCUT2D eigenvalue weighted by molar-refractivity contribution is -0.143. The van der Waals surface area contributed by atoms with Gasteiger partial charge in [-0.2, -0.15) is 0 Å². The monoisotopic (exact) mass is 569 g/mol. The van der Waals surface area contributed by atoms with Crippen LogP contribution in [0.3, 0.4) is 0 Å². The molecule has 2 atom stereocenters. The van der Waals surface area contributed by atoms with Gasteiger partial charge in [0, 0.05) is 61.9 Å². The van der Waals surface area contributed by atoms with E-state index in [0.717, 1.165) is 48.1 Å². The van der Waals surface area contributed by atoms with E-state index in [4.69, 9.17) is 4.74 Å². The van der Waals surface area contributed by atoms with Gasteiger partial charge in [0.2, 0.25) is 11.8 Å². The molecule has 6 nitrogen and oxygen atoms in total. The average Bonchev–Trinajstić information content (AvgIpc) is 2.90. The summed E-state index contributed by atoms with van der Waals surface area (Å²) in [4.78, 5) is 33.1. The van der Waals surface area contributed by atoms with E-state index in [1.165, 1.54) is 0 Å². The van der Waals surface area contributed by atoms with Crippen molar-refractivity contribution in [3.63, 3.8) is 0 Å². The van der Waals surface area contributed by atoms with Crippen LogP contribution in [0.15, 0.2) is 59.1 Å². The summed E-state index contributed by atoms with van der Waals surface area (Å²) in [5.74, 6) is 1.14. The topological polar surface area (TPSA) is 53.1 Å². The third kappa shape index (κ3) is 7.57. The molecule has 4 rings (SSSR count). The van der Waals surface area contributed by atoms with Gasteiger partial charge >= 0.3 is 0 Å². The maximum atomic E-state index is 13.5. The molecule has 2 aliphatic heterocycles. The highest BCUT2D eigenvalue weighted by atomic mass is 79.9. The number of carbonyl (C=O) groups excluding carboxylic acids is 2. The molecule has 2 aromatic carbocycles. The van der Waals surface area contributed by atoms with Crippen LogP contribution in [-0.2, 0) is 16.1 Å². The second-order valence-electron chi connectivity index (χ2n) is 10.8. The van der Waals surface area contributed by atoms with Crippen LogP contribution in [0.1, 0.15) is 45.1 Å². The first-order chi connectivity index (χ1) is 17.8. The zero-order valence-corrected chi connectivity index (χ0v) is 23.9. The second-order valence-corrected chi connectivity index (χ2v) is 11.7. The Morgan fingerprint density at radius 2 is 1.76 bits per heavy atom. The second kappa shape index (κ2) is 12.9. The minimum atomic E-state index is -0.116. The molecule has 0 aromatic heterocycles. The number of nitrogens with zero attached hydrogens (tertiary/aromatic N) is 3. The minimum Gasteiger partial charge on any atom is -0.490 e. The Labute approximate surface area is 230 Å². The Balaban J connectivity index is 1.43. The Bertz CT molecular complexity index is 1040. The summed E-state index contributed by atoms with van der Waals surface area (Å²) in [6, 6.07) is 18.4. The average molecular weight is 571 g/mol. The number of ether oxygens (including phenoxy) is 1. The third-order valence-electron chi connectivity index (χ3n) is 7.79. The van der Waals surface area contributed by atoms with Crippen molar-refractivity contribution in [2.75, 3.05) is 33.2 Å². The Morgan fingerprint density at radius 1 is 1.03 bits per heavy atom. The van der Waals surface area contributed by atoms with Gasteiger partial charge in [0.25, 0.3) is 0 Å². The fourth-order valence-electron chi connectivity index (χ4n) is 5.52. The summed E-state index contributed by atoms with van der Waals surface area (Å²) in [7, 11) is 1.85. The van der Waals surface area contributed by atoms with Gasteiger partial charge in [-0.05, 0) is 63.5 Å². The molecule has 0 bridgehead atoms. The fourth-order valence-corrected chi connectivity index (χ4v) is 5.90. The van der Waals surface area contributed by atoms with Crippen molar-refractivity contribution in [1.82, 2.24) is 14.7 Å². The molecular weight excluding hydrogens is 530 g/mol. The highest BCUT2D eigenvalue weighted by molar-refractivity contribution is 9.10. The van der Waals surface area contributed by atoms with Gasteiger partial charge in [0.05, 0.1) is 0 Å². The van der Waals surface area contributed by atoms with E-state index in [0.29, 0.717) is 32.1 Å². The predicted octanol–water partition coefficient (Wildman–Crippen LogP) is 5.21. The summed E-state index contributed by atoms with van der Waals surface area (Å²) in [5, 5.41) is 0. The number of benzene rings is 2. The third-order valence-corrected chi connectivity index (χ3v) is 8.29. The zero-order chi connectivity index (χ0) is 26.4. The number of amides is 2. The van der Waals surface area contributed by atoms with Gasteiger partial charge < -0.3 is 19.4 Å². The molecule has 2 heterocycles. The summed E-state index contributed by atoms with van der Waals surface area (Å²) in [6.07, 6.45) is 2.79. The van der Waals surface area contributed by atoms with Crippen molar-refractivity contribution in [1.29, 1.82) is 0 Å². The first-order valence-corrected chi connectivity index (χ1v) is 14.3. The van der Waals surface area contributed by atoms with Gasteiger partial charge in [-0.1, -0.05) is 52.3 Å². The maximum absolute atomic E-state index is 13.5. The Kier molecular flexibility index (Phi) is 9.65. The van der Waals surface area contributed by atoms with Crippen LogP contribution in [0, 0.1) is 11.8 Å². The maximum Gasteiger partial charge on any atom is 0.225 e. The first-order valence-electron chi connectivity index (χ1n) is 13.5. The van der Waals surface area contributed by atoms with E-state index < -0.39 is 0 Å². The molecule has 0 aliphatic carbocycles. The minimum absolute atomic E-state index is 0.0573. The summed E-state index contributed by atoms with van der Waals surface area (Å²) >= 11 is 3.52. The summed E-state index contributed by atoms with van der Waals surface area (Å²) in [5.41, 5.74) is 1.11. The lowest BCUT2D eigenvalue weighted by Crippen LogP contribution is -2.52.